The number of nitrogens with zero attached hydrogens (tertiary/aromatic N) is 5. The topological polar surface area (TPSA) is 79.7 Å². The number of rotatable bonds is 3. The SMILES string of the molecule is Cc1ccc(-c2cc(C(=O)N3CCCCC3c3nncn3C)[nH]n2)cc1. The number of nitrogens with one attached hydrogen (secondary N) is 1. The molecular weight excluding hydrogens is 328 g/mol. The van der Waals surface area contributed by atoms with Crippen molar-refractivity contribution in [2.75, 3.05) is 6.54 Å². The lowest BCUT2D eigenvalue weighted by atomic mass is 10.0. The number of hydrogen-bond acceptors (Lipinski definition) is 4. The van der Waals surface area contributed by atoms with Crippen LogP contribution in [-0.4, -0.2) is 42.3 Å². The molecule has 3 heterocycles. The van der Waals surface area contributed by atoms with Gasteiger partial charge in [0.25, 0.3) is 5.91 Å². The van der Waals surface area contributed by atoms with Crippen molar-refractivity contribution < 1.29 is 4.79 Å². The van der Waals surface area contributed by atoms with E-state index in [4.69, 9.17) is 0 Å². The number of piperidine rings is 1. The van der Waals surface area contributed by atoms with Crippen LogP contribution in [0.15, 0.2) is 36.7 Å². The molecule has 1 saturated heterocycles. The minimum absolute atomic E-state index is 0.0384. The molecule has 1 aromatic carbocycles. The van der Waals surface area contributed by atoms with Gasteiger partial charge in [-0.15, -0.1) is 10.2 Å². The highest BCUT2D eigenvalue weighted by Crippen LogP contribution is 2.31. The van der Waals surface area contributed by atoms with E-state index in [1.54, 1.807) is 6.33 Å². The molecular formula is C19H22N6O. The zero-order valence-corrected chi connectivity index (χ0v) is 15.0. The van der Waals surface area contributed by atoms with Crippen molar-refractivity contribution in [3.05, 3.63) is 53.7 Å². The van der Waals surface area contributed by atoms with Gasteiger partial charge in [-0.3, -0.25) is 9.89 Å². The Morgan fingerprint density at radius 3 is 2.77 bits per heavy atom. The van der Waals surface area contributed by atoms with Crippen LogP contribution in [0.2, 0.25) is 0 Å². The lowest BCUT2D eigenvalue weighted by molar-refractivity contribution is 0.0590. The average molecular weight is 350 g/mol. The number of aryl methyl sites for hydroxylation is 2. The molecule has 0 radical (unpaired) electrons. The highest BCUT2D eigenvalue weighted by atomic mass is 16.2. The van der Waals surface area contributed by atoms with Crippen LogP contribution in [0.3, 0.4) is 0 Å². The summed E-state index contributed by atoms with van der Waals surface area (Å²) in [5.41, 5.74) is 3.48. The zero-order chi connectivity index (χ0) is 18.1. The molecule has 0 saturated carbocycles. The first-order valence-electron chi connectivity index (χ1n) is 8.91. The molecule has 1 amide bonds. The van der Waals surface area contributed by atoms with E-state index in [9.17, 15) is 4.79 Å². The third-order valence-corrected chi connectivity index (χ3v) is 4.96. The molecule has 7 heteroatoms. The summed E-state index contributed by atoms with van der Waals surface area (Å²) in [6.07, 6.45) is 4.66. The van der Waals surface area contributed by atoms with Gasteiger partial charge in [-0.25, -0.2) is 0 Å². The number of H-pyrrole nitrogens is 1. The number of benzene rings is 1. The summed E-state index contributed by atoms with van der Waals surface area (Å²) in [7, 11) is 1.91. The number of aromatic amines is 1. The van der Waals surface area contributed by atoms with Gasteiger partial charge in [-0.05, 0) is 32.3 Å². The summed E-state index contributed by atoms with van der Waals surface area (Å²) in [4.78, 5) is 15.0. The molecule has 26 heavy (non-hydrogen) atoms. The van der Waals surface area contributed by atoms with Gasteiger partial charge in [-0.2, -0.15) is 5.10 Å². The first-order valence-corrected chi connectivity index (χ1v) is 8.91. The molecule has 0 bridgehead atoms. The summed E-state index contributed by atoms with van der Waals surface area (Å²) in [5.74, 6) is 0.792. The van der Waals surface area contributed by atoms with E-state index in [1.807, 2.05) is 53.8 Å². The van der Waals surface area contributed by atoms with Crippen molar-refractivity contribution in [2.24, 2.45) is 7.05 Å². The zero-order valence-electron chi connectivity index (χ0n) is 15.0. The minimum Gasteiger partial charge on any atom is -0.327 e. The van der Waals surface area contributed by atoms with Crippen molar-refractivity contribution in [1.29, 1.82) is 0 Å². The van der Waals surface area contributed by atoms with E-state index in [-0.39, 0.29) is 11.9 Å². The second-order valence-electron chi connectivity index (χ2n) is 6.84. The van der Waals surface area contributed by atoms with Crippen molar-refractivity contribution in [3.8, 4) is 11.3 Å². The molecule has 134 valence electrons. The van der Waals surface area contributed by atoms with E-state index >= 15 is 0 Å². The van der Waals surface area contributed by atoms with Crippen LogP contribution in [-0.2, 0) is 7.05 Å². The monoisotopic (exact) mass is 350 g/mol. The predicted molar refractivity (Wildman–Crippen MR) is 97.4 cm³/mol. The number of amides is 1. The number of carbonyl (C=O) groups is 1. The van der Waals surface area contributed by atoms with Crippen LogP contribution >= 0.6 is 0 Å². The first kappa shape index (κ1) is 16.5. The molecule has 3 aromatic rings. The highest BCUT2D eigenvalue weighted by Gasteiger charge is 2.32. The Kier molecular flexibility index (Phi) is 4.28. The second kappa shape index (κ2) is 6.74. The smallest absolute Gasteiger partial charge is 0.272 e. The molecule has 1 unspecified atom stereocenters. The van der Waals surface area contributed by atoms with Gasteiger partial charge in [0.15, 0.2) is 5.82 Å². The average Bonchev–Trinajstić information content (AvgIpc) is 3.31. The largest absolute Gasteiger partial charge is 0.327 e. The molecule has 1 fully saturated rings. The van der Waals surface area contributed by atoms with Crippen LogP contribution in [0, 0.1) is 6.92 Å². The Morgan fingerprint density at radius 1 is 1.23 bits per heavy atom. The van der Waals surface area contributed by atoms with Gasteiger partial charge in [0.1, 0.15) is 12.0 Å². The predicted octanol–water partition coefficient (Wildman–Crippen LogP) is 2.88. The van der Waals surface area contributed by atoms with Crippen LogP contribution < -0.4 is 0 Å². The van der Waals surface area contributed by atoms with Crippen molar-refractivity contribution in [3.63, 3.8) is 0 Å². The van der Waals surface area contributed by atoms with Crippen molar-refractivity contribution in [2.45, 2.75) is 32.2 Å². The lowest BCUT2D eigenvalue weighted by Gasteiger charge is -2.34. The van der Waals surface area contributed by atoms with Crippen LogP contribution in [0.5, 0.6) is 0 Å². The van der Waals surface area contributed by atoms with Crippen LogP contribution in [0.25, 0.3) is 11.3 Å². The summed E-state index contributed by atoms with van der Waals surface area (Å²) < 4.78 is 1.89. The van der Waals surface area contributed by atoms with Gasteiger partial charge in [0, 0.05) is 19.2 Å². The lowest BCUT2D eigenvalue weighted by Crippen LogP contribution is -2.39. The number of hydrogen-bond donors (Lipinski definition) is 1. The molecule has 1 aliphatic heterocycles. The minimum atomic E-state index is -0.0464. The van der Waals surface area contributed by atoms with Crippen molar-refractivity contribution in [1.82, 2.24) is 29.9 Å². The Morgan fingerprint density at radius 2 is 2.04 bits per heavy atom. The van der Waals surface area contributed by atoms with E-state index in [0.717, 1.165) is 42.9 Å². The van der Waals surface area contributed by atoms with E-state index in [2.05, 4.69) is 20.4 Å². The fraction of sp³-hybridized carbons (Fsp3) is 0.368. The first-order chi connectivity index (χ1) is 12.6. The van der Waals surface area contributed by atoms with Crippen molar-refractivity contribution >= 4 is 5.91 Å². The number of likely N-dealkylation sites (tertiary alicyclic amines) is 1. The van der Waals surface area contributed by atoms with Gasteiger partial charge >= 0.3 is 0 Å². The quantitative estimate of drug-likeness (QED) is 0.788. The molecule has 1 N–H and O–H groups in total. The normalized spacial score (nSPS) is 17.5. The molecule has 0 aliphatic carbocycles. The standard InChI is InChI=1S/C19H22N6O/c1-13-6-8-14(9-7-13)15-11-16(22-21-15)19(26)25-10-4-3-5-17(25)18-23-20-12-24(18)2/h6-9,11-12,17H,3-5,10H2,1-2H3,(H,21,22). The highest BCUT2D eigenvalue weighted by molar-refractivity contribution is 5.93. The molecule has 7 nitrogen and oxygen atoms in total. The summed E-state index contributed by atoms with van der Waals surface area (Å²) >= 11 is 0. The summed E-state index contributed by atoms with van der Waals surface area (Å²) in [6, 6.07) is 9.90. The van der Waals surface area contributed by atoms with Crippen LogP contribution in [0.4, 0.5) is 0 Å². The molecule has 4 rings (SSSR count). The van der Waals surface area contributed by atoms with Gasteiger partial charge < -0.3 is 9.47 Å². The van der Waals surface area contributed by atoms with E-state index in [1.165, 1.54) is 5.56 Å². The maximum Gasteiger partial charge on any atom is 0.272 e. The Bertz CT molecular complexity index is 910. The molecule has 2 aromatic heterocycles. The summed E-state index contributed by atoms with van der Waals surface area (Å²) in [6.45, 7) is 2.77. The maximum absolute atomic E-state index is 13.1. The summed E-state index contributed by atoms with van der Waals surface area (Å²) in [5, 5.41) is 15.4. The van der Waals surface area contributed by atoms with Gasteiger partial charge in [0.05, 0.1) is 11.7 Å². The fourth-order valence-corrected chi connectivity index (χ4v) is 3.50. The Hall–Kier alpha value is -2.96. The maximum atomic E-state index is 13.1. The van der Waals surface area contributed by atoms with Gasteiger partial charge in [-0.1, -0.05) is 29.8 Å². The molecule has 1 aliphatic rings. The third-order valence-electron chi connectivity index (χ3n) is 4.96. The Labute approximate surface area is 152 Å². The fourth-order valence-electron chi connectivity index (χ4n) is 3.50. The number of aromatic nitrogens is 5. The third kappa shape index (κ3) is 3.00. The Balaban J connectivity index is 1.60. The van der Waals surface area contributed by atoms with Crippen LogP contribution in [0.1, 0.15) is 47.2 Å². The molecule has 1 atom stereocenters. The van der Waals surface area contributed by atoms with E-state index < -0.39 is 0 Å². The van der Waals surface area contributed by atoms with Gasteiger partial charge in [0.2, 0.25) is 0 Å². The number of carbonyl (C=O) groups excluding carboxylic acids is 1. The van der Waals surface area contributed by atoms with E-state index in [0.29, 0.717) is 5.69 Å². The molecule has 0 spiro atoms. The second-order valence-corrected chi connectivity index (χ2v) is 6.84.